The van der Waals surface area contributed by atoms with Crippen LogP contribution in [-0.2, 0) is 21.1 Å². The smallest absolute Gasteiger partial charge is 0.149 e. The Morgan fingerprint density at radius 2 is 1.26 bits per heavy atom. The summed E-state index contributed by atoms with van der Waals surface area (Å²) in [7, 11) is 0. The molecule has 8 rings (SSSR count). The van der Waals surface area contributed by atoms with Crippen LogP contribution in [0.15, 0.2) is 109 Å². The first-order valence-electron chi connectivity index (χ1n) is 13.9. The molecule has 4 heterocycles. The van der Waals surface area contributed by atoms with Gasteiger partial charge < -0.3 is 4.57 Å². The Balaban J connectivity index is 0.00000288. The van der Waals surface area contributed by atoms with Crippen LogP contribution < -0.4 is 0 Å². The SMILES string of the molecule is Cc1ccc2c(c1)c1cc3c4cc(C)ccc4n(-c4ccccn4)c3nc1n2-c1[c-]c(-c2ccccc2C)ccc1.[Pt]. The molecule has 0 saturated heterocycles. The molecule has 0 aliphatic carbocycles. The summed E-state index contributed by atoms with van der Waals surface area (Å²) in [4.78, 5) is 10.2. The molecule has 0 atom stereocenters. The van der Waals surface area contributed by atoms with E-state index in [4.69, 9.17) is 9.97 Å². The predicted octanol–water partition coefficient (Wildman–Crippen LogP) is 9.06. The zero-order valence-corrected chi connectivity index (χ0v) is 25.8. The minimum Gasteiger partial charge on any atom is -0.312 e. The Bertz CT molecular complexity index is 2290. The molecule has 0 radical (unpaired) electrons. The first kappa shape index (κ1) is 26.4. The van der Waals surface area contributed by atoms with E-state index in [1.807, 2.05) is 24.4 Å². The average Bonchev–Trinajstić information content (AvgIpc) is 3.48. The molecule has 0 saturated carbocycles. The standard InChI is InChI=1S/C37H27N4.Pt/c1-23-14-16-33-29(19-23)31-22-32-30-20-24(2)15-17-34(30)41(35-13-6-7-18-38-35)37(32)39-36(31)40(33)27-11-8-10-26(21-27)28-12-5-4-9-25(28)3;/h4-20,22H,1-3H3;/q-1;. The minimum absolute atomic E-state index is 0. The second-order valence-electron chi connectivity index (χ2n) is 10.9. The number of hydrogen-bond acceptors (Lipinski definition) is 2. The number of pyridine rings is 2. The molecular weight excluding hydrogens is 696 g/mol. The van der Waals surface area contributed by atoms with Crippen molar-refractivity contribution in [3.63, 3.8) is 0 Å². The van der Waals surface area contributed by atoms with E-state index >= 15 is 0 Å². The van der Waals surface area contributed by atoms with Crippen molar-refractivity contribution >= 4 is 43.9 Å². The summed E-state index contributed by atoms with van der Waals surface area (Å²) < 4.78 is 4.45. The van der Waals surface area contributed by atoms with Gasteiger partial charge in [-0.1, -0.05) is 64.7 Å². The molecule has 4 aromatic heterocycles. The minimum atomic E-state index is 0. The van der Waals surface area contributed by atoms with Crippen molar-refractivity contribution in [2.24, 2.45) is 0 Å². The maximum Gasteiger partial charge on any atom is 0.149 e. The van der Waals surface area contributed by atoms with Crippen molar-refractivity contribution in [2.75, 3.05) is 0 Å². The van der Waals surface area contributed by atoms with E-state index in [2.05, 4.69) is 121 Å². The fourth-order valence-corrected chi connectivity index (χ4v) is 6.16. The largest absolute Gasteiger partial charge is 0.312 e. The number of rotatable bonds is 3. The summed E-state index contributed by atoms with van der Waals surface area (Å²) in [6.07, 6.45) is 1.84. The van der Waals surface area contributed by atoms with E-state index in [0.29, 0.717) is 0 Å². The van der Waals surface area contributed by atoms with Gasteiger partial charge >= 0.3 is 0 Å². The van der Waals surface area contributed by atoms with Crippen molar-refractivity contribution in [1.82, 2.24) is 19.1 Å². The van der Waals surface area contributed by atoms with Gasteiger partial charge in [0.25, 0.3) is 0 Å². The Morgan fingerprint density at radius 3 is 1.95 bits per heavy atom. The van der Waals surface area contributed by atoms with Gasteiger partial charge in [-0.15, -0.1) is 29.8 Å². The third-order valence-electron chi connectivity index (χ3n) is 8.11. The molecule has 0 bridgehead atoms. The molecule has 42 heavy (non-hydrogen) atoms. The first-order valence-corrected chi connectivity index (χ1v) is 13.9. The molecule has 5 heteroatoms. The van der Waals surface area contributed by atoms with Crippen LogP contribution in [0.25, 0.3) is 66.5 Å². The van der Waals surface area contributed by atoms with E-state index in [9.17, 15) is 0 Å². The zero-order valence-electron chi connectivity index (χ0n) is 23.5. The van der Waals surface area contributed by atoms with E-state index in [0.717, 1.165) is 50.2 Å². The van der Waals surface area contributed by atoms with Crippen molar-refractivity contribution in [3.05, 3.63) is 132 Å². The second kappa shape index (κ2) is 10.1. The second-order valence-corrected chi connectivity index (χ2v) is 10.9. The topological polar surface area (TPSA) is 35.6 Å². The first-order chi connectivity index (χ1) is 20.1. The van der Waals surface area contributed by atoms with E-state index < -0.39 is 0 Å². The van der Waals surface area contributed by atoms with Crippen LogP contribution in [0.1, 0.15) is 16.7 Å². The van der Waals surface area contributed by atoms with Crippen molar-refractivity contribution in [3.8, 4) is 22.6 Å². The summed E-state index contributed by atoms with van der Waals surface area (Å²) in [5.41, 5.74) is 10.9. The van der Waals surface area contributed by atoms with Crippen LogP contribution in [0.5, 0.6) is 0 Å². The van der Waals surface area contributed by atoms with Crippen molar-refractivity contribution in [1.29, 1.82) is 0 Å². The summed E-state index contributed by atoms with van der Waals surface area (Å²) >= 11 is 0. The molecule has 0 unspecified atom stereocenters. The van der Waals surface area contributed by atoms with Crippen LogP contribution >= 0.6 is 0 Å². The fraction of sp³-hybridized carbons (Fsp3) is 0.0811. The maximum atomic E-state index is 5.45. The van der Waals surface area contributed by atoms with Gasteiger partial charge in [0, 0.05) is 48.8 Å². The number of hydrogen-bond donors (Lipinski definition) is 0. The third kappa shape index (κ3) is 4.01. The number of aromatic nitrogens is 4. The number of benzene rings is 4. The van der Waals surface area contributed by atoms with Crippen LogP contribution in [-0.4, -0.2) is 19.1 Å². The van der Waals surface area contributed by atoms with Gasteiger partial charge in [-0.2, -0.15) is 0 Å². The van der Waals surface area contributed by atoms with Gasteiger partial charge in [0.2, 0.25) is 0 Å². The maximum absolute atomic E-state index is 5.45. The van der Waals surface area contributed by atoms with Gasteiger partial charge in [0.1, 0.15) is 17.1 Å². The Morgan fingerprint density at radius 1 is 0.595 bits per heavy atom. The molecule has 0 aliphatic rings. The molecule has 0 aliphatic heterocycles. The molecule has 206 valence electrons. The molecule has 0 spiro atoms. The van der Waals surface area contributed by atoms with Gasteiger partial charge in [-0.05, 0) is 68.9 Å². The molecule has 4 aromatic carbocycles. The normalized spacial score (nSPS) is 11.5. The molecule has 8 aromatic rings. The average molecular weight is 723 g/mol. The van der Waals surface area contributed by atoms with Gasteiger partial charge in [0.05, 0.1) is 11.0 Å². The van der Waals surface area contributed by atoms with Crippen molar-refractivity contribution in [2.45, 2.75) is 20.8 Å². The molecular formula is C37H27N4Pt-. The molecule has 4 nitrogen and oxygen atoms in total. The van der Waals surface area contributed by atoms with E-state index in [-0.39, 0.29) is 21.1 Å². The van der Waals surface area contributed by atoms with Crippen molar-refractivity contribution < 1.29 is 21.1 Å². The number of nitrogens with zero attached hydrogens (tertiary/aromatic N) is 4. The van der Waals surface area contributed by atoms with Crippen LogP contribution in [0.4, 0.5) is 0 Å². The summed E-state index contributed by atoms with van der Waals surface area (Å²) in [6, 6.07) is 40.2. The Labute approximate surface area is 258 Å². The Kier molecular flexibility index (Phi) is 6.33. The molecule has 0 amide bonds. The van der Waals surface area contributed by atoms with Gasteiger partial charge in [-0.25, -0.2) is 9.97 Å². The quantitative estimate of drug-likeness (QED) is 0.171. The third-order valence-corrected chi connectivity index (χ3v) is 8.11. The number of fused-ring (bicyclic) bond motifs is 6. The fourth-order valence-electron chi connectivity index (χ4n) is 6.16. The van der Waals surface area contributed by atoms with Crippen LogP contribution in [0, 0.1) is 26.8 Å². The van der Waals surface area contributed by atoms with Gasteiger partial charge in [0.15, 0.2) is 0 Å². The summed E-state index contributed by atoms with van der Waals surface area (Å²) in [5.74, 6) is 0.856. The summed E-state index contributed by atoms with van der Waals surface area (Å²) in [6.45, 7) is 6.44. The van der Waals surface area contributed by atoms with E-state index in [1.54, 1.807) is 0 Å². The van der Waals surface area contributed by atoms with Gasteiger partial charge in [-0.3, -0.25) is 4.57 Å². The molecule has 0 fully saturated rings. The van der Waals surface area contributed by atoms with E-state index in [1.165, 1.54) is 33.0 Å². The van der Waals surface area contributed by atoms with Crippen LogP contribution in [0.3, 0.4) is 0 Å². The number of aryl methyl sites for hydroxylation is 3. The monoisotopic (exact) mass is 722 g/mol. The summed E-state index contributed by atoms with van der Waals surface area (Å²) in [5, 5.41) is 4.63. The molecule has 0 N–H and O–H groups in total. The zero-order chi connectivity index (χ0) is 27.7. The van der Waals surface area contributed by atoms with Crippen LogP contribution in [0.2, 0.25) is 0 Å². The predicted molar refractivity (Wildman–Crippen MR) is 169 cm³/mol. The Hall–Kier alpha value is -4.53.